The Morgan fingerprint density at radius 2 is 1.64 bits per heavy atom. The number of para-hydroxylation sites is 1. The lowest BCUT2D eigenvalue weighted by atomic mass is 10.0. The van der Waals surface area contributed by atoms with Gasteiger partial charge >= 0.3 is 5.97 Å². The number of hydrogen-bond donors (Lipinski definition) is 4. The van der Waals surface area contributed by atoms with Crippen LogP contribution in [0.1, 0.15) is 10.4 Å². The van der Waals surface area contributed by atoms with Gasteiger partial charge in [0, 0.05) is 0 Å². The number of carboxylic acids is 1. The molecule has 0 atom stereocenters. The summed E-state index contributed by atoms with van der Waals surface area (Å²) < 4.78 is 5.79. The second kappa shape index (κ2) is 5.45. The first-order chi connectivity index (χ1) is 12.0. The molecule has 4 N–H and O–H groups in total. The number of aromatic hydroxyl groups is 2. The highest BCUT2D eigenvalue weighted by atomic mass is 16.5. The quantitative estimate of drug-likeness (QED) is 0.407. The average Bonchev–Trinajstić information content (AvgIpc) is 2.61. The van der Waals surface area contributed by atoms with Crippen molar-refractivity contribution in [2.24, 2.45) is 0 Å². The van der Waals surface area contributed by atoms with Crippen molar-refractivity contribution in [3.63, 3.8) is 0 Å². The van der Waals surface area contributed by atoms with E-state index in [-0.39, 0.29) is 17.1 Å². The summed E-state index contributed by atoms with van der Waals surface area (Å²) in [5.41, 5.74) is 2.62. The zero-order chi connectivity index (χ0) is 17.6. The molecule has 6 nitrogen and oxygen atoms in total. The Balaban J connectivity index is 1.77. The van der Waals surface area contributed by atoms with Crippen molar-refractivity contribution in [2.45, 2.75) is 0 Å². The molecule has 1 aliphatic rings. The van der Waals surface area contributed by atoms with Gasteiger partial charge in [-0.15, -0.1) is 0 Å². The Hall–Kier alpha value is -3.67. The van der Waals surface area contributed by atoms with Crippen LogP contribution in [0.5, 0.6) is 23.0 Å². The topological polar surface area (TPSA) is 99.0 Å². The molecule has 0 aliphatic carbocycles. The number of hydrogen-bond acceptors (Lipinski definition) is 5. The third kappa shape index (κ3) is 2.49. The molecule has 3 aromatic carbocycles. The van der Waals surface area contributed by atoms with Crippen molar-refractivity contribution in [1.82, 2.24) is 0 Å². The highest BCUT2D eigenvalue weighted by Gasteiger charge is 2.22. The fourth-order valence-corrected chi connectivity index (χ4v) is 2.78. The standard InChI is InChI=1S/C19H13NO5/c21-14-6-4-11(9-15(14)22)10-5-7-16-13(8-10)20-18-12(19(23)24)2-1-3-17(18)25-16/h1-9,20-22H,(H,23,24). The molecule has 0 aromatic heterocycles. The number of anilines is 2. The summed E-state index contributed by atoms with van der Waals surface area (Å²) in [5, 5.41) is 31.5. The van der Waals surface area contributed by atoms with Gasteiger partial charge < -0.3 is 25.4 Å². The summed E-state index contributed by atoms with van der Waals surface area (Å²) in [4.78, 5) is 11.4. The zero-order valence-electron chi connectivity index (χ0n) is 12.9. The van der Waals surface area contributed by atoms with Crippen LogP contribution in [0, 0.1) is 0 Å². The molecule has 0 amide bonds. The molecule has 0 spiro atoms. The van der Waals surface area contributed by atoms with E-state index in [1.807, 2.05) is 6.07 Å². The highest BCUT2D eigenvalue weighted by Crippen LogP contribution is 2.45. The predicted octanol–water partition coefficient (Wildman–Crippen LogP) is 4.31. The molecule has 0 saturated carbocycles. The van der Waals surface area contributed by atoms with E-state index in [9.17, 15) is 20.1 Å². The van der Waals surface area contributed by atoms with Gasteiger partial charge in [-0.2, -0.15) is 0 Å². The third-order valence-corrected chi connectivity index (χ3v) is 4.02. The van der Waals surface area contributed by atoms with Crippen molar-refractivity contribution in [3.05, 3.63) is 60.2 Å². The van der Waals surface area contributed by atoms with E-state index in [4.69, 9.17) is 4.74 Å². The molecule has 124 valence electrons. The molecule has 1 heterocycles. The van der Waals surface area contributed by atoms with Gasteiger partial charge in [0.2, 0.25) is 0 Å². The van der Waals surface area contributed by atoms with Crippen LogP contribution in [0.4, 0.5) is 11.4 Å². The van der Waals surface area contributed by atoms with Crippen LogP contribution in [-0.2, 0) is 0 Å². The molecule has 6 heteroatoms. The van der Waals surface area contributed by atoms with Crippen molar-refractivity contribution >= 4 is 17.3 Å². The fourth-order valence-electron chi connectivity index (χ4n) is 2.78. The van der Waals surface area contributed by atoms with E-state index in [0.29, 0.717) is 28.4 Å². The largest absolute Gasteiger partial charge is 0.504 e. The van der Waals surface area contributed by atoms with Crippen molar-refractivity contribution in [1.29, 1.82) is 0 Å². The lowest BCUT2D eigenvalue weighted by Gasteiger charge is -2.23. The number of rotatable bonds is 2. The summed E-state index contributed by atoms with van der Waals surface area (Å²) in [6.07, 6.45) is 0. The number of phenolic OH excluding ortho intramolecular Hbond substituents is 2. The van der Waals surface area contributed by atoms with Gasteiger partial charge in [-0.3, -0.25) is 0 Å². The minimum Gasteiger partial charge on any atom is -0.504 e. The number of benzene rings is 3. The third-order valence-electron chi connectivity index (χ3n) is 4.02. The maximum atomic E-state index is 11.4. The molecular formula is C19H13NO5. The molecular weight excluding hydrogens is 322 g/mol. The number of nitrogens with one attached hydrogen (secondary N) is 1. The van der Waals surface area contributed by atoms with E-state index in [1.54, 1.807) is 30.3 Å². The van der Waals surface area contributed by atoms with Crippen LogP contribution in [0.3, 0.4) is 0 Å². The fraction of sp³-hybridized carbons (Fsp3) is 0. The maximum Gasteiger partial charge on any atom is 0.337 e. The highest BCUT2D eigenvalue weighted by molar-refractivity contribution is 5.98. The van der Waals surface area contributed by atoms with Gasteiger partial charge in [0.15, 0.2) is 23.0 Å². The van der Waals surface area contributed by atoms with Crippen molar-refractivity contribution in [3.8, 4) is 34.1 Å². The van der Waals surface area contributed by atoms with Crippen LogP contribution in [-0.4, -0.2) is 21.3 Å². The molecule has 25 heavy (non-hydrogen) atoms. The second-order valence-electron chi connectivity index (χ2n) is 5.63. The van der Waals surface area contributed by atoms with Crippen LogP contribution < -0.4 is 10.1 Å². The van der Waals surface area contributed by atoms with E-state index in [0.717, 1.165) is 5.56 Å². The molecule has 0 radical (unpaired) electrons. The van der Waals surface area contributed by atoms with E-state index >= 15 is 0 Å². The number of ether oxygens (including phenoxy) is 1. The monoisotopic (exact) mass is 335 g/mol. The van der Waals surface area contributed by atoms with Crippen molar-refractivity contribution < 1.29 is 24.9 Å². The molecule has 0 bridgehead atoms. The summed E-state index contributed by atoms with van der Waals surface area (Å²) >= 11 is 0. The molecule has 0 unspecified atom stereocenters. The van der Waals surface area contributed by atoms with E-state index in [2.05, 4.69) is 5.32 Å². The average molecular weight is 335 g/mol. The second-order valence-corrected chi connectivity index (χ2v) is 5.63. The minimum atomic E-state index is -1.05. The molecule has 3 aromatic rings. The summed E-state index contributed by atoms with van der Waals surface area (Å²) in [5.74, 6) is -0.429. The van der Waals surface area contributed by atoms with Crippen LogP contribution in [0.25, 0.3) is 11.1 Å². The molecule has 0 fully saturated rings. The Morgan fingerprint density at radius 3 is 2.40 bits per heavy atom. The summed E-state index contributed by atoms with van der Waals surface area (Å²) in [7, 11) is 0. The normalized spacial score (nSPS) is 11.7. The van der Waals surface area contributed by atoms with E-state index in [1.165, 1.54) is 18.2 Å². The first-order valence-corrected chi connectivity index (χ1v) is 7.50. The number of carboxylic acid groups (broad SMARTS) is 1. The molecule has 1 aliphatic heterocycles. The van der Waals surface area contributed by atoms with Crippen LogP contribution in [0.15, 0.2) is 54.6 Å². The number of fused-ring (bicyclic) bond motifs is 2. The Kier molecular flexibility index (Phi) is 3.25. The lowest BCUT2D eigenvalue weighted by Crippen LogP contribution is -2.08. The Morgan fingerprint density at radius 1 is 0.880 bits per heavy atom. The van der Waals surface area contributed by atoms with Crippen molar-refractivity contribution in [2.75, 3.05) is 5.32 Å². The van der Waals surface area contributed by atoms with Crippen LogP contribution in [0.2, 0.25) is 0 Å². The SMILES string of the molecule is O=C(O)c1cccc2c1Nc1cc(-c3ccc(O)c(O)c3)ccc1O2. The first-order valence-electron chi connectivity index (χ1n) is 7.50. The smallest absolute Gasteiger partial charge is 0.337 e. The molecule has 0 saturated heterocycles. The number of aromatic carboxylic acids is 1. The maximum absolute atomic E-state index is 11.4. The van der Waals surface area contributed by atoms with E-state index < -0.39 is 5.97 Å². The summed E-state index contributed by atoms with van der Waals surface area (Å²) in [6.45, 7) is 0. The lowest BCUT2D eigenvalue weighted by molar-refractivity contribution is 0.0697. The van der Waals surface area contributed by atoms with Gasteiger partial charge in [0.05, 0.1) is 16.9 Å². The minimum absolute atomic E-state index is 0.121. The van der Waals surface area contributed by atoms with Gasteiger partial charge in [0.1, 0.15) is 0 Å². The zero-order valence-corrected chi connectivity index (χ0v) is 12.9. The van der Waals surface area contributed by atoms with Gasteiger partial charge in [-0.1, -0.05) is 18.2 Å². The molecule has 4 rings (SSSR count). The van der Waals surface area contributed by atoms with Gasteiger partial charge in [-0.25, -0.2) is 4.79 Å². The van der Waals surface area contributed by atoms with Gasteiger partial charge in [-0.05, 0) is 47.5 Å². The number of phenols is 2. The predicted molar refractivity (Wildman–Crippen MR) is 92.0 cm³/mol. The number of carbonyl (C=O) groups is 1. The first kappa shape index (κ1) is 14.9. The van der Waals surface area contributed by atoms with Crippen LogP contribution >= 0.6 is 0 Å². The Labute approximate surface area is 142 Å². The Bertz CT molecular complexity index is 1010. The van der Waals surface area contributed by atoms with Gasteiger partial charge in [0.25, 0.3) is 0 Å². The summed E-state index contributed by atoms with van der Waals surface area (Å²) in [6, 6.07) is 14.7.